The molecule has 0 radical (unpaired) electrons. The summed E-state index contributed by atoms with van der Waals surface area (Å²) in [4.78, 5) is 129. The zero-order valence-corrected chi connectivity index (χ0v) is 42.6. The Kier molecular flexibility index (Phi) is 24.1. The molecule has 12 N–H and O–H groups in total. The fourth-order valence-electron chi connectivity index (χ4n) is 8.09. The third kappa shape index (κ3) is 18.5. The van der Waals surface area contributed by atoms with Gasteiger partial charge < -0.3 is 58.7 Å². The number of fused-ring (bicyclic) bond motifs is 2. The number of nitrogens with zero attached hydrogens (tertiary/aromatic N) is 1. The number of rotatable bonds is 25. The molecule has 1 aliphatic carbocycles. The molecule has 0 saturated carbocycles. The average Bonchev–Trinajstić information content (AvgIpc) is 3.84. The number of nitrogens with two attached hydrogens (primary N) is 2. The number of alkyl halides is 3. The van der Waals surface area contributed by atoms with Gasteiger partial charge in [0.05, 0.1) is 18.2 Å². The highest BCUT2D eigenvalue weighted by atomic mass is 19.4. The molecule has 0 bridgehead atoms. The van der Waals surface area contributed by atoms with Crippen LogP contribution in [0.1, 0.15) is 125 Å². The van der Waals surface area contributed by atoms with Crippen molar-refractivity contribution in [1.82, 2.24) is 36.8 Å². The monoisotopic (exact) mass is 1040 g/mol. The predicted octanol–water partition coefficient (Wildman–Crippen LogP) is 1.65. The van der Waals surface area contributed by atoms with Gasteiger partial charge in [0.1, 0.15) is 30.2 Å². The molecule has 24 heteroatoms. The minimum atomic E-state index is -5.08. The van der Waals surface area contributed by atoms with Gasteiger partial charge in [-0.1, -0.05) is 70.5 Å². The molecule has 1 heterocycles. The summed E-state index contributed by atoms with van der Waals surface area (Å²) in [5.41, 5.74) is 13.3. The number of nitrogens with one attached hydrogen (secondary N) is 7. The zero-order chi connectivity index (χ0) is 55.4. The number of aliphatic carboxylic acids is 1. The summed E-state index contributed by atoms with van der Waals surface area (Å²) in [5.74, 6) is -7.08. The summed E-state index contributed by atoms with van der Waals surface area (Å²) in [7, 11) is 0. The van der Waals surface area contributed by atoms with Crippen molar-refractivity contribution in [3.05, 3.63) is 64.7 Å². The van der Waals surface area contributed by atoms with Gasteiger partial charge in [-0.15, -0.1) is 0 Å². The quantitative estimate of drug-likeness (QED) is 0.0540. The van der Waals surface area contributed by atoms with E-state index in [1.807, 2.05) is 27.7 Å². The van der Waals surface area contributed by atoms with E-state index in [-0.39, 0.29) is 48.7 Å². The molecule has 1 saturated heterocycles. The van der Waals surface area contributed by atoms with Crippen LogP contribution in [-0.2, 0) is 38.4 Å². The maximum Gasteiger partial charge on any atom is 0.490 e. The predicted molar refractivity (Wildman–Crippen MR) is 266 cm³/mol. The lowest BCUT2D eigenvalue weighted by Gasteiger charge is -2.29. The van der Waals surface area contributed by atoms with Gasteiger partial charge in [0.15, 0.2) is 11.6 Å². The summed E-state index contributed by atoms with van der Waals surface area (Å²) in [6, 6.07) is 6.15. The molecule has 0 unspecified atom stereocenters. The van der Waals surface area contributed by atoms with E-state index in [1.54, 1.807) is 42.5 Å². The lowest BCUT2D eigenvalue weighted by atomic mass is 9.83. The van der Waals surface area contributed by atoms with Gasteiger partial charge in [-0.2, -0.15) is 13.2 Å². The van der Waals surface area contributed by atoms with Crippen molar-refractivity contribution in [2.75, 3.05) is 38.0 Å². The van der Waals surface area contributed by atoms with Crippen molar-refractivity contribution in [1.29, 1.82) is 0 Å². The number of unbranched alkanes of at least 4 members (excludes halogenated alkanes) is 1. The van der Waals surface area contributed by atoms with Crippen LogP contribution in [0.4, 0.5) is 18.9 Å². The van der Waals surface area contributed by atoms with Crippen LogP contribution in [0.15, 0.2) is 42.5 Å². The van der Waals surface area contributed by atoms with E-state index < -0.39 is 90.4 Å². The second-order valence-corrected chi connectivity index (χ2v) is 19.0. The van der Waals surface area contributed by atoms with Crippen molar-refractivity contribution < 1.29 is 66.2 Å². The Hall–Kier alpha value is -6.95. The van der Waals surface area contributed by atoms with Gasteiger partial charge >= 0.3 is 12.1 Å². The van der Waals surface area contributed by atoms with Crippen LogP contribution >= 0.6 is 0 Å². The minimum absolute atomic E-state index is 0.0129. The minimum Gasteiger partial charge on any atom is -0.475 e. The number of benzene rings is 2. The van der Waals surface area contributed by atoms with Crippen LogP contribution in [0.5, 0.6) is 0 Å². The Morgan fingerprint density at radius 2 is 1.27 bits per heavy atom. The van der Waals surface area contributed by atoms with Crippen LogP contribution in [0.3, 0.4) is 0 Å². The molecule has 2 aliphatic rings. The number of halogens is 3. The molecule has 7 amide bonds. The number of carbonyl (C=O) groups excluding carboxylic acids is 9. The van der Waals surface area contributed by atoms with Crippen molar-refractivity contribution in [3.8, 4) is 0 Å². The fraction of sp³-hybridized carbons (Fsp3) is 0.560. The number of carbonyl (C=O) groups is 10. The van der Waals surface area contributed by atoms with Crippen molar-refractivity contribution in [2.45, 2.75) is 135 Å². The summed E-state index contributed by atoms with van der Waals surface area (Å²) in [6.07, 6.45) is -1.31. The van der Waals surface area contributed by atoms with Gasteiger partial charge in [0.2, 0.25) is 41.4 Å². The molecule has 0 aromatic heterocycles. The molecular formula is C50H71F3N10O11. The number of carboxylic acid groups (broad SMARTS) is 1. The lowest BCUT2D eigenvalue weighted by molar-refractivity contribution is -0.192. The van der Waals surface area contributed by atoms with Gasteiger partial charge in [0.25, 0.3) is 0 Å². The number of likely N-dealkylation sites (tertiary alicyclic amines) is 1. The SMILES string of the molecule is CC(C)C[C@H](NC(=O)[C@H](C)NC(=O)[C@H](C)NC(=O)[C@@H](N)CCCCN)C(=O)NCC(=O)N[C@@H](CC(C)C)C(=O)N1CCC[C@H]1C(=O)NCCCNc1cccc2c1C(=O)c1ccccc1C2=O.O=C(O)C(F)(F)F. The van der Waals surface area contributed by atoms with Crippen molar-refractivity contribution in [3.63, 3.8) is 0 Å². The van der Waals surface area contributed by atoms with Gasteiger partial charge in [-0.25, -0.2) is 4.79 Å². The van der Waals surface area contributed by atoms with Crippen LogP contribution in [0.25, 0.3) is 0 Å². The molecule has 6 atom stereocenters. The first-order valence-corrected chi connectivity index (χ1v) is 24.7. The molecule has 1 aliphatic heterocycles. The van der Waals surface area contributed by atoms with Crippen LogP contribution < -0.4 is 48.7 Å². The average molecular weight is 1050 g/mol. The number of hydrogen-bond acceptors (Lipinski definition) is 13. The molecule has 4 rings (SSSR count). The second kappa shape index (κ2) is 29.1. The third-order valence-electron chi connectivity index (χ3n) is 11.9. The third-order valence-corrected chi connectivity index (χ3v) is 11.9. The van der Waals surface area contributed by atoms with Gasteiger partial charge in [-0.3, -0.25) is 43.2 Å². The topological polar surface area (TPSA) is 330 Å². The molecule has 74 heavy (non-hydrogen) atoms. The fourth-order valence-corrected chi connectivity index (χ4v) is 8.09. The summed E-state index contributed by atoms with van der Waals surface area (Å²) < 4.78 is 31.7. The highest BCUT2D eigenvalue weighted by molar-refractivity contribution is 6.30. The maximum absolute atomic E-state index is 14.0. The Balaban J connectivity index is 0.00000192. The van der Waals surface area contributed by atoms with E-state index in [0.717, 1.165) is 0 Å². The first-order valence-electron chi connectivity index (χ1n) is 24.7. The largest absolute Gasteiger partial charge is 0.490 e. The number of amides is 7. The molecule has 0 spiro atoms. The lowest BCUT2D eigenvalue weighted by Crippen LogP contribution is -2.57. The van der Waals surface area contributed by atoms with Gasteiger partial charge in [-0.05, 0) is 83.2 Å². The van der Waals surface area contributed by atoms with Crippen LogP contribution in [-0.4, -0.2) is 144 Å². The molecule has 1 fully saturated rings. The first kappa shape index (κ1) is 61.4. The summed E-state index contributed by atoms with van der Waals surface area (Å²) >= 11 is 0. The number of hydrogen-bond donors (Lipinski definition) is 10. The summed E-state index contributed by atoms with van der Waals surface area (Å²) in [6.45, 7) is 11.4. The Labute approximate surface area is 428 Å². The maximum atomic E-state index is 14.0. The Bertz CT molecular complexity index is 2350. The molecule has 21 nitrogen and oxygen atoms in total. The molecule has 2 aromatic rings. The number of carboxylic acids is 1. The van der Waals surface area contributed by atoms with Gasteiger partial charge in [0, 0.05) is 42.0 Å². The van der Waals surface area contributed by atoms with E-state index >= 15 is 0 Å². The Morgan fingerprint density at radius 3 is 1.86 bits per heavy atom. The number of ketones is 2. The van der Waals surface area contributed by atoms with E-state index in [2.05, 4.69) is 37.2 Å². The normalized spacial score (nSPS) is 16.0. The highest BCUT2D eigenvalue weighted by Gasteiger charge is 2.39. The second-order valence-electron chi connectivity index (χ2n) is 19.0. The first-order chi connectivity index (χ1) is 34.8. The smallest absolute Gasteiger partial charge is 0.475 e. The van der Waals surface area contributed by atoms with Crippen molar-refractivity contribution >= 4 is 64.6 Å². The van der Waals surface area contributed by atoms with E-state index in [4.69, 9.17) is 21.4 Å². The zero-order valence-electron chi connectivity index (χ0n) is 42.6. The molecule has 408 valence electrons. The number of anilines is 1. The summed E-state index contributed by atoms with van der Waals surface area (Å²) in [5, 5.41) is 26.3. The van der Waals surface area contributed by atoms with Crippen LogP contribution in [0, 0.1) is 11.8 Å². The van der Waals surface area contributed by atoms with E-state index in [0.29, 0.717) is 86.1 Å². The van der Waals surface area contributed by atoms with Crippen LogP contribution in [0.2, 0.25) is 0 Å². The standard InChI is InChI=1S/C48H70N10O9.C2HF3O2/c1-27(2)24-36(57-44(63)30(6)54-43(62)29(5)55-45(64)34(50)17-9-10-20-49)46(65)53-26-39(59)56-37(25-28(3)4)48(67)58-23-12-19-38(58)47(66)52-22-13-21-51-35-18-11-16-33-40(35)42(61)32-15-8-7-14-31(32)41(33)60;3-2(4,5)1(6)7/h7-8,11,14-16,18,27-30,34,36-38,51H,9-10,12-13,17,19-26,49-50H2,1-6H3,(H,52,66)(H,53,65)(H,54,62)(H,55,64)(H,56,59)(H,57,63);(H,6,7)/t29-,30-,34-,36-,37-,38-;/m0./s1. The molecular weight excluding hydrogens is 974 g/mol. The van der Waals surface area contributed by atoms with E-state index in [1.165, 1.54) is 18.7 Å². The van der Waals surface area contributed by atoms with Crippen molar-refractivity contribution in [2.24, 2.45) is 23.3 Å². The van der Waals surface area contributed by atoms with E-state index in [9.17, 15) is 56.3 Å². The Morgan fingerprint density at radius 1 is 0.703 bits per heavy atom. The molecule has 2 aromatic carbocycles. The highest BCUT2D eigenvalue weighted by Crippen LogP contribution is 2.32.